The lowest BCUT2D eigenvalue weighted by atomic mass is 10.0. The molecule has 0 amide bonds. The average molecular weight is 252 g/mol. The highest BCUT2D eigenvalue weighted by molar-refractivity contribution is 8.14. The zero-order chi connectivity index (χ0) is 12.5. The van der Waals surface area contributed by atoms with Crippen LogP contribution in [0.15, 0.2) is 23.2 Å². The summed E-state index contributed by atoms with van der Waals surface area (Å²) < 4.78 is 13.2. The second kappa shape index (κ2) is 4.69. The Morgan fingerprint density at radius 2 is 2.24 bits per heavy atom. The lowest BCUT2D eigenvalue weighted by Crippen LogP contribution is -2.20. The number of anilines is 1. The fraction of sp³-hybridized carbons (Fsp3) is 0.462. The molecular formula is C13H17FN2S. The van der Waals surface area contributed by atoms with Crippen LogP contribution in [0.2, 0.25) is 0 Å². The van der Waals surface area contributed by atoms with Gasteiger partial charge in [0.15, 0.2) is 5.17 Å². The summed E-state index contributed by atoms with van der Waals surface area (Å²) in [5.74, 6) is 0.773. The number of nitrogens with one attached hydrogen (secondary N) is 1. The third-order valence-corrected chi connectivity index (χ3v) is 4.18. The van der Waals surface area contributed by atoms with E-state index in [0.29, 0.717) is 0 Å². The molecule has 0 saturated carbocycles. The van der Waals surface area contributed by atoms with Crippen molar-refractivity contribution in [1.29, 1.82) is 0 Å². The van der Waals surface area contributed by atoms with E-state index in [9.17, 15) is 4.39 Å². The Hall–Kier alpha value is -1.03. The highest BCUT2D eigenvalue weighted by atomic mass is 32.2. The van der Waals surface area contributed by atoms with E-state index >= 15 is 0 Å². The lowest BCUT2D eigenvalue weighted by molar-refractivity contribution is 0.523. The number of benzene rings is 1. The van der Waals surface area contributed by atoms with Crippen LogP contribution in [0.5, 0.6) is 0 Å². The van der Waals surface area contributed by atoms with Crippen molar-refractivity contribution in [3.05, 3.63) is 29.6 Å². The van der Waals surface area contributed by atoms with Gasteiger partial charge in [-0.1, -0.05) is 18.7 Å². The molecule has 1 heterocycles. The summed E-state index contributed by atoms with van der Waals surface area (Å²) >= 11 is 1.70. The molecule has 2 rings (SSSR count). The van der Waals surface area contributed by atoms with Crippen LogP contribution in [0.3, 0.4) is 0 Å². The third kappa shape index (κ3) is 3.00. The summed E-state index contributed by atoms with van der Waals surface area (Å²) in [5.41, 5.74) is 1.71. The summed E-state index contributed by atoms with van der Waals surface area (Å²) in [5, 5.41) is 4.07. The Morgan fingerprint density at radius 3 is 2.82 bits per heavy atom. The minimum absolute atomic E-state index is 0.0232. The smallest absolute Gasteiger partial charge is 0.161 e. The molecule has 2 nitrogen and oxygen atoms in total. The Labute approximate surface area is 106 Å². The number of aryl methyl sites for hydroxylation is 1. The second-order valence-corrected chi connectivity index (χ2v) is 5.66. The summed E-state index contributed by atoms with van der Waals surface area (Å²) in [7, 11) is 0. The van der Waals surface area contributed by atoms with Crippen LogP contribution in [0.1, 0.15) is 25.8 Å². The molecule has 4 heteroatoms. The first kappa shape index (κ1) is 12.4. The molecule has 1 N–H and O–H groups in total. The van der Waals surface area contributed by atoms with Crippen LogP contribution in [0.25, 0.3) is 0 Å². The van der Waals surface area contributed by atoms with Crippen LogP contribution >= 0.6 is 11.8 Å². The maximum atomic E-state index is 13.2. The molecule has 1 aromatic carbocycles. The minimum atomic E-state index is -0.214. The van der Waals surface area contributed by atoms with Gasteiger partial charge in [0, 0.05) is 11.4 Å². The molecule has 0 bridgehead atoms. The normalized spacial score (nSPS) is 23.6. The number of hydrogen-bond donors (Lipinski definition) is 1. The molecule has 0 aromatic heterocycles. The zero-order valence-corrected chi connectivity index (χ0v) is 11.2. The summed E-state index contributed by atoms with van der Waals surface area (Å²) in [4.78, 5) is 4.64. The molecule has 0 aliphatic carbocycles. The van der Waals surface area contributed by atoms with Gasteiger partial charge in [-0.05, 0) is 44.0 Å². The fourth-order valence-corrected chi connectivity index (χ4v) is 2.90. The van der Waals surface area contributed by atoms with E-state index in [1.165, 1.54) is 12.1 Å². The number of amidine groups is 1. The zero-order valence-electron chi connectivity index (χ0n) is 10.4. The van der Waals surface area contributed by atoms with Crippen molar-refractivity contribution in [2.24, 2.45) is 4.99 Å². The van der Waals surface area contributed by atoms with Gasteiger partial charge in [0.25, 0.3) is 0 Å². The first-order valence-corrected chi connectivity index (χ1v) is 6.76. The van der Waals surface area contributed by atoms with Gasteiger partial charge in [0.2, 0.25) is 0 Å². The van der Waals surface area contributed by atoms with Gasteiger partial charge in [-0.15, -0.1) is 0 Å². The number of halogens is 1. The predicted octanol–water partition coefficient (Wildman–Crippen LogP) is 3.82. The van der Waals surface area contributed by atoms with Crippen LogP contribution in [-0.2, 0) is 0 Å². The number of rotatable bonds is 2. The molecule has 1 aliphatic rings. The first-order valence-electron chi connectivity index (χ1n) is 5.78. The molecule has 0 saturated heterocycles. The Morgan fingerprint density at radius 1 is 1.47 bits per heavy atom. The van der Waals surface area contributed by atoms with Gasteiger partial charge in [0.05, 0.1) is 5.54 Å². The van der Waals surface area contributed by atoms with Crippen LogP contribution < -0.4 is 5.32 Å². The molecule has 0 spiro atoms. The quantitative estimate of drug-likeness (QED) is 0.865. The van der Waals surface area contributed by atoms with Gasteiger partial charge in [-0.25, -0.2) is 4.39 Å². The summed E-state index contributed by atoms with van der Waals surface area (Å²) in [6.07, 6.45) is 1.02. The van der Waals surface area contributed by atoms with Gasteiger partial charge in [-0.2, -0.15) is 0 Å². The van der Waals surface area contributed by atoms with Crippen molar-refractivity contribution in [2.75, 3.05) is 11.1 Å². The van der Waals surface area contributed by atoms with E-state index in [1.807, 2.05) is 13.0 Å². The second-order valence-electron chi connectivity index (χ2n) is 4.70. The van der Waals surface area contributed by atoms with Crippen molar-refractivity contribution in [2.45, 2.75) is 32.7 Å². The Balaban J connectivity index is 2.14. The van der Waals surface area contributed by atoms with E-state index in [-0.39, 0.29) is 11.4 Å². The monoisotopic (exact) mass is 252 g/mol. The van der Waals surface area contributed by atoms with Crippen LogP contribution in [0.4, 0.5) is 10.1 Å². The lowest BCUT2D eigenvalue weighted by Gasteiger charge is -2.15. The number of nitrogens with zero attached hydrogens (tertiary/aromatic N) is 1. The maximum absolute atomic E-state index is 13.2. The minimum Gasteiger partial charge on any atom is -0.335 e. The molecule has 1 aliphatic heterocycles. The molecule has 92 valence electrons. The third-order valence-electron chi connectivity index (χ3n) is 2.95. The van der Waals surface area contributed by atoms with Gasteiger partial charge in [-0.3, -0.25) is 4.99 Å². The van der Waals surface area contributed by atoms with E-state index in [2.05, 4.69) is 24.2 Å². The number of thioether (sulfide) groups is 1. The van der Waals surface area contributed by atoms with E-state index in [4.69, 9.17) is 0 Å². The van der Waals surface area contributed by atoms with Crippen molar-refractivity contribution in [1.82, 2.24) is 0 Å². The molecule has 1 unspecified atom stereocenters. The molecule has 1 atom stereocenters. The van der Waals surface area contributed by atoms with Crippen LogP contribution in [0, 0.1) is 12.7 Å². The SMILES string of the molecule is CCC1(C)CSC(Nc2cc(C)cc(F)c2)=N1. The van der Waals surface area contributed by atoms with Crippen molar-refractivity contribution in [3.63, 3.8) is 0 Å². The highest BCUT2D eigenvalue weighted by Crippen LogP contribution is 2.30. The summed E-state index contributed by atoms with van der Waals surface area (Å²) in [6.45, 7) is 6.17. The first-order chi connectivity index (χ1) is 8.00. The molecule has 0 fully saturated rings. The number of aliphatic imine (C=N–C) groups is 1. The average Bonchev–Trinajstić information content (AvgIpc) is 2.59. The molecule has 0 radical (unpaired) electrons. The molecule has 1 aromatic rings. The van der Waals surface area contributed by atoms with Crippen LogP contribution in [-0.4, -0.2) is 16.5 Å². The van der Waals surface area contributed by atoms with E-state index in [1.54, 1.807) is 11.8 Å². The molecular weight excluding hydrogens is 235 g/mol. The summed E-state index contributed by atoms with van der Waals surface area (Å²) in [6, 6.07) is 4.94. The topological polar surface area (TPSA) is 24.4 Å². The van der Waals surface area contributed by atoms with E-state index in [0.717, 1.165) is 28.6 Å². The molecule has 17 heavy (non-hydrogen) atoms. The Kier molecular flexibility index (Phi) is 3.43. The number of hydrogen-bond acceptors (Lipinski definition) is 3. The van der Waals surface area contributed by atoms with E-state index < -0.39 is 0 Å². The fourth-order valence-electron chi connectivity index (χ4n) is 1.71. The van der Waals surface area contributed by atoms with Gasteiger partial charge < -0.3 is 5.32 Å². The predicted molar refractivity (Wildman–Crippen MR) is 73.3 cm³/mol. The van der Waals surface area contributed by atoms with Crippen molar-refractivity contribution in [3.8, 4) is 0 Å². The Bertz CT molecular complexity index is 438. The van der Waals surface area contributed by atoms with Crippen molar-refractivity contribution < 1.29 is 4.39 Å². The van der Waals surface area contributed by atoms with Gasteiger partial charge in [0.1, 0.15) is 5.82 Å². The largest absolute Gasteiger partial charge is 0.335 e. The standard InChI is InChI=1S/C13H17FN2S/c1-4-13(3)8-17-12(16-13)15-11-6-9(2)5-10(14)7-11/h5-7H,4,8H2,1-3H3,(H,15,16). The highest BCUT2D eigenvalue weighted by Gasteiger charge is 2.28. The van der Waals surface area contributed by atoms with Crippen molar-refractivity contribution >= 4 is 22.6 Å². The maximum Gasteiger partial charge on any atom is 0.161 e. The van der Waals surface area contributed by atoms with Gasteiger partial charge >= 0.3 is 0 Å².